The summed E-state index contributed by atoms with van der Waals surface area (Å²) in [4.78, 5) is 23.3. The number of amides is 1. The number of thioether (sulfide) groups is 1. The van der Waals surface area contributed by atoms with Gasteiger partial charge < -0.3 is 19.5 Å². The van der Waals surface area contributed by atoms with Gasteiger partial charge in [0.05, 0.1) is 32.1 Å². The van der Waals surface area contributed by atoms with E-state index in [1.807, 2.05) is 0 Å². The van der Waals surface area contributed by atoms with Crippen LogP contribution in [0, 0.1) is 0 Å². The van der Waals surface area contributed by atoms with Gasteiger partial charge in [0.2, 0.25) is 5.91 Å². The Morgan fingerprint density at radius 1 is 0.963 bits per heavy atom. The summed E-state index contributed by atoms with van der Waals surface area (Å²) in [7, 11) is 2.95. The molecule has 0 unspecified atom stereocenters. The highest BCUT2D eigenvalue weighted by molar-refractivity contribution is 7.99. The zero-order valence-corrected chi connectivity index (χ0v) is 16.2. The molecule has 2 aromatic rings. The second kappa shape index (κ2) is 11.1. The molecule has 0 fully saturated rings. The summed E-state index contributed by atoms with van der Waals surface area (Å²) in [6.45, 7) is 0.546. The van der Waals surface area contributed by atoms with Gasteiger partial charge in [-0.05, 0) is 60.7 Å². The van der Waals surface area contributed by atoms with Gasteiger partial charge >= 0.3 is 5.97 Å². The Morgan fingerprint density at radius 2 is 1.63 bits per heavy atom. The average Bonchev–Trinajstić information content (AvgIpc) is 2.71. The standard InChI is InChI=1S/C20H23NO5S/c1-24-17-10-6-16(7-11-17)21-19(22)14-27-13-3-12-26-18-8-4-15(5-9-18)20(23)25-2/h4-11H,3,12-14H2,1-2H3,(H,21,22). The molecule has 2 aromatic carbocycles. The molecule has 0 radical (unpaired) electrons. The Hall–Kier alpha value is -2.67. The van der Waals surface area contributed by atoms with E-state index in [0.717, 1.165) is 23.6 Å². The van der Waals surface area contributed by atoms with Gasteiger partial charge in [-0.25, -0.2) is 4.79 Å². The highest BCUT2D eigenvalue weighted by Gasteiger charge is 2.05. The molecule has 0 bridgehead atoms. The lowest BCUT2D eigenvalue weighted by Gasteiger charge is -2.08. The zero-order valence-electron chi connectivity index (χ0n) is 15.4. The third-order valence-electron chi connectivity index (χ3n) is 3.58. The number of rotatable bonds is 10. The Kier molecular flexibility index (Phi) is 8.51. The maximum Gasteiger partial charge on any atom is 0.337 e. The van der Waals surface area contributed by atoms with E-state index in [-0.39, 0.29) is 11.9 Å². The Morgan fingerprint density at radius 3 is 2.26 bits per heavy atom. The van der Waals surface area contributed by atoms with Crippen LogP contribution >= 0.6 is 11.8 Å². The van der Waals surface area contributed by atoms with Crippen LogP contribution in [0.1, 0.15) is 16.8 Å². The molecule has 0 aliphatic carbocycles. The Balaban J connectivity index is 1.58. The second-order valence-corrected chi connectivity index (χ2v) is 6.65. The first kappa shape index (κ1) is 20.6. The fraction of sp³-hybridized carbons (Fsp3) is 0.300. The maximum absolute atomic E-state index is 11.9. The van der Waals surface area contributed by atoms with Crippen LogP contribution in [0.15, 0.2) is 48.5 Å². The number of anilines is 1. The predicted octanol–water partition coefficient (Wildman–Crippen LogP) is 3.62. The SMILES string of the molecule is COC(=O)c1ccc(OCCCSCC(=O)Nc2ccc(OC)cc2)cc1. The number of esters is 1. The average molecular weight is 389 g/mol. The minimum absolute atomic E-state index is 0.0375. The maximum atomic E-state index is 11.9. The van der Waals surface area contributed by atoms with Crippen molar-refractivity contribution in [1.29, 1.82) is 0 Å². The fourth-order valence-corrected chi connectivity index (χ4v) is 2.92. The number of carbonyl (C=O) groups is 2. The van der Waals surface area contributed by atoms with Crippen molar-refractivity contribution in [1.82, 2.24) is 0 Å². The predicted molar refractivity (Wildman–Crippen MR) is 107 cm³/mol. The highest BCUT2D eigenvalue weighted by Crippen LogP contribution is 2.16. The van der Waals surface area contributed by atoms with Crippen molar-refractivity contribution < 1.29 is 23.8 Å². The zero-order chi connectivity index (χ0) is 19.5. The van der Waals surface area contributed by atoms with Gasteiger partial charge in [-0.15, -0.1) is 0 Å². The molecule has 0 aliphatic heterocycles. The lowest BCUT2D eigenvalue weighted by Crippen LogP contribution is -2.14. The molecule has 7 heteroatoms. The van der Waals surface area contributed by atoms with Gasteiger partial charge in [0.25, 0.3) is 0 Å². The van der Waals surface area contributed by atoms with E-state index in [9.17, 15) is 9.59 Å². The van der Waals surface area contributed by atoms with Crippen molar-refractivity contribution >= 4 is 29.3 Å². The molecule has 0 heterocycles. The lowest BCUT2D eigenvalue weighted by molar-refractivity contribution is -0.113. The van der Waals surface area contributed by atoms with Crippen molar-refractivity contribution in [3.05, 3.63) is 54.1 Å². The van der Waals surface area contributed by atoms with E-state index in [2.05, 4.69) is 10.1 Å². The first-order chi connectivity index (χ1) is 13.1. The van der Waals surface area contributed by atoms with E-state index in [0.29, 0.717) is 23.7 Å². The van der Waals surface area contributed by atoms with Crippen LogP contribution in [0.4, 0.5) is 5.69 Å². The molecule has 2 rings (SSSR count). The number of hydrogen-bond donors (Lipinski definition) is 1. The quantitative estimate of drug-likeness (QED) is 0.494. The van der Waals surface area contributed by atoms with Crippen LogP contribution in [-0.4, -0.2) is 44.2 Å². The number of nitrogens with one attached hydrogen (secondary N) is 1. The molecular weight excluding hydrogens is 366 g/mol. The molecular formula is C20H23NO5S. The third-order valence-corrected chi connectivity index (χ3v) is 4.63. The van der Waals surface area contributed by atoms with E-state index < -0.39 is 0 Å². The molecule has 6 nitrogen and oxygen atoms in total. The highest BCUT2D eigenvalue weighted by atomic mass is 32.2. The van der Waals surface area contributed by atoms with Crippen LogP contribution < -0.4 is 14.8 Å². The van der Waals surface area contributed by atoms with E-state index in [4.69, 9.17) is 9.47 Å². The summed E-state index contributed by atoms with van der Waals surface area (Å²) in [5, 5.41) is 2.84. The first-order valence-electron chi connectivity index (χ1n) is 8.45. The van der Waals surface area contributed by atoms with E-state index in [1.165, 1.54) is 7.11 Å². The van der Waals surface area contributed by atoms with Gasteiger partial charge in [0, 0.05) is 5.69 Å². The number of hydrogen-bond acceptors (Lipinski definition) is 6. The molecule has 0 saturated carbocycles. The topological polar surface area (TPSA) is 73.9 Å². The summed E-state index contributed by atoms with van der Waals surface area (Å²) >= 11 is 1.55. The molecule has 0 atom stereocenters. The Bertz CT molecular complexity index is 731. The summed E-state index contributed by atoms with van der Waals surface area (Å²) in [5.74, 6) is 2.25. The van der Waals surface area contributed by atoms with Gasteiger partial charge in [0.15, 0.2) is 0 Å². The van der Waals surface area contributed by atoms with Crippen molar-refractivity contribution in [3.8, 4) is 11.5 Å². The largest absolute Gasteiger partial charge is 0.497 e. The van der Waals surface area contributed by atoms with Crippen LogP contribution in [0.5, 0.6) is 11.5 Å². The monoisotopic (exact) mass is 389 g/mol. The van der Waals surface area contributed by atoms with Crippen LogP contribution in [-0.2, 0) is 9.53 Å². The Labute approximate surface area is 163 Å². The molecule has 144 valence electrons. The molecule has 0 saturated heterocycles. The fourth-order valence-electron chi connectivity index (χ4n) is 2.19. The van der Waals surface area contributed by atoms with Gasteiger partial charge in [-0.1, -0.05) is 0 Å². The number of carbonyl (C=O) groups excluding carboxylic acids is 2. The summed E-state index contributed by atoms with van der Waals surface area (Å²) in [5.41, 5.74) is 1.24. The van der Waals surface area contributed by atoms with Crippen LogP contribution in [0.25, 0.3) is 0 Å². The van der Waals surface area contributed by atoms with Gasteiger partial charge in [-0.3, -0.25) is 4.79 Å². The normalized spacial score (nSPS) is 10.1. The minimum Gasteiger partial charge on any atom is -0.497 e. The molecule has 27 heavy (non-hydrogen) atoms. The van der Waals surface area contributed by atoms with Gasteiger partial charge in [-0.2, -0.15) is 11.8 Å². The first-order valence-corrected chi connectivity index (χ1v) is 9.60. The van der Waals surface area contributed by atoms with Crippen molar-refractivity contribution in [3.63, 3.8) is 0 Å². The third kappa shape index (κ3) is 7.22. The molecule has 0 spiro atoms. The smallest absolute Gasteiger partial charge is 0.337 e. The van der Waals surface area contributed by atoms with Crippen LogP contribution in [0.3, 0.4) is 0 Å². The molecule has 1 amide bonds. The van der Waals surface area contributed by atoms with Crippen molar-refractivity contribution in [2.24, 2.45) is 0 Å². The number of benzene rings is 2. The van der Waals surface area contributed by atoms with Gasteiger partial charge in [0.1, 0.15) is 11.5 Å². The molecule has 0 aliphatic rings. The van der Waals surface area contributed by atoms with Crippen LogP contribution in [0.2, 0.25) is 0 Å². The second-order valence-electron chi connectivity index (χ2n) is 5.55. The summed E-state index contributed by atoms with van der Waals surface area (Å²) < 4.78 is 15.3. The molecule has 1 N–H and O–H groups in total. The molecule has 0 aromatic heterocycles. The van der Waals surface area contributed by atoms with E-state index >= 15 is 0 Å². The summed E-state index contributed by atoms with van der Waals surface area (Å²) in [6.07, 6.45) is 0.819. The number of ether oxygens (including phenoxy) is 3. The van der Waals surface area contributed by atoms with Crippen molar-refractivity contribution in [2.75, 3.05) is 37.6 Å². The lowest BCUT2D eigenvalue weighted by atomic mass is 10.2. The summed E-state index contributed by atoms with van der Waals surface area (Å²) in [6, 6.07) is 14.0. The van der Waals surface area contributed by atoms with Crippen molar-refractivity contribution in [2.45, 2.75) is 6.42 Å². The number of methoxy groups -OCH3 is 2. The van der Waals surface area contributed by atoms with E-state index in [1.54, 1.807) is 67.4 Å². The minimum atomic E-state index is -0.370.